The van der Waals surface area contributed by atoms with Gasteiger partial charge in [0.15, 0.2) is 0 Å². The van der Waals surface area contributed by atoms with Crippen molar-refractivity contribution in [2.24, 2.45) is 0 Å². The average Bonchev–Trinajstić information content (AvgIpc) is 2.01. The Balaban J connectivity index is 4.15. The van der Waals surface area contributed by atoms with Crippen LogP contribution in [0.2, 0.25) is 0 Å². The molecule has 0 aromatic carbocycles. The molecule has 0 aliphatic carbocycles. The highest BCUT2D eigenvalue weighted by atomic mass is 16.5. The summed E-state index contributed by atoms with van der Waals surface area (Å²) in [7, 11) is 0. The molecule has 1 amide bonds. The van der Waals surface area contributed by atoms with Crippen molar-refractivity contribution >= 4 is 11.9 Å². The smallest absolute Gasteiger partial charge is 0.302 e. The van der Waals surface area contributed by atoms with Crippen molar-refractivity contribution in [3.63, 3.8) is 0 Å². The van der Waals surface area contributed by atoms with Crippen LogP contribution in [0.25, 0.3) is 0 Å². The number of amides is 1. The number of hydrogen-bond acceptors (Lipinski definition) is 3. The Morgan fingerprint density at radius 2 is 1.80 bits per heavy atom. The maximum absolute atomic E-state index is 11.2. The van der Waals surface area contributed by atoms with Crippen molar-refractivity contribution in [1.29, 1.82) is 0 Å². The molecule has 0 fully saturated rings. The number of carbonyl (C=O) groups is 2. The van der Waals surface area contributed by atoms with Gasteiger partial charge in [-0.05, 0) is 20.8 Å². The molecule has 2 unspecified atom stereocenters. The Morgan fingerprint density at radius 3 is 2.13 bits per heavy atom. The Bertz CT molecular complexity index is 228. The quantitative estimate of drug-likeness (QED) is 0.654. The summed E-state index contributed by atoms with van der Waals surface area (Å²) >= 11 is 0. The van der Waals surface area contributed by atoms with Crippen molar-refractivity contribution in [1.82, 2.24) is 4.90 Å². The highest BCUT2D eigenvalue weighted by molar-refractivity contribution is 5.73. The van der Waals surface area contributed by atoms with Crippen LogP contribution in [0.3, 0.4) is 0 Å². The van der Waals surface area contributed by atoms with Gasteiger partial charge in [-0.15, -0.1) is 0 Å². The molecule has 0 saturated heterocycles. The van der Waals surface area contributed by atoms with Gasteiger partial charge in [-0.25, -0.2) is 0 Å². The maximum atomic E-state index is 11.2. The summed E-state index contributed by atoms with van der Waals surface area (Å²) in [5.41, 5.74) is 0. The topological polar surface area (TPSA) is 46.6 Å². The molecule has 0 N–H and O–H groups in total. The highest BCUT2D eigenvalue weighted by Gasteiger charge is 2.18. The van der Waals surface area contributed by atoms with Crippen molar-refractivity contribution in [3.05, 3.63) is 0 Å². The second-order valence-corrected chi connectivity index (χ2v) is 3.81. The fourth-order valence-corrected chi connectivity index (χ4v) is 1.78. The molecule has 0 spiro atoms. The first-order chi connectivity index (χ1) is 6.88. The molecule has 0 bridgehead atoms. The number of hydrogen-bond donors (Lipinski definition) is 0. The molecule has 0 aromatic rings. The fraction of sp³-hybridized carbons (Fsp3) is 0.818. The second kappa shape index (κ2) is 6.43. The zero-order chi connectivity index (χ0) is 12.0. The number of esters is 1. The molecule has 4 heteroatoms. The summed E-state index contributed by atoms with van der Waals surface area (Å²) in [4.78, 5) is 23.7. The van der Waals surface area contributed by atoms with Crippen molar-refractivity contribution in [2.75, 3.05) is 6.54 Å². The lowest BCUT2D eigenvalue weighted by atomic mass is 10.1. The summed E-state index contributed by atoms with van der Waals surface area (Å²) in [5, 5.41) is 0. The van der Waals surface area contributed by atoms with Crippen molar-refractivity contribution in [2.45, 2.75) is 53.2 Å². The van der Waals surface area contributed by atoms with Crippen LogP contribution in [0, 0.1) is 0 Å². The van der Waals surface area contributed by atoms with Gasteiger partial charge in [0, 0.05) is 32.9 Å². The molecular weight excluding hydrogens is 194 g/mol. The van der Waals surface area contributed by atoms with E-state index in [4.69, 9.17) is 4.74 Å². The molecular formula is C11H21NO3. The maximum Gasteiger partial charge on any atom is 0.302 e. The van der Waals surface area contributed by atoms with E-state index < -0.39 is 0 Å². The molecule has 88 valence electrons. The van der Waals surface area contributed by atoms with E-state index in [-0.39, 0.29) is 24.0 Å². The second-order valence-electron chi connectivity index (χ2n) is 3.81. The van der Waals surface area contributed by atoms with Crippen LogP contribution in [0.15, 0.2) is 0 Å². The highest BCUT2D eigenvalue weighted by Crippen LogP contribution is 2.09. The van der Waals surface area contributed by atoms with E-state index in [1.807, 2.05) is 20.8 Å². The van der Waals surface area contributed by atoms with Crippen LogP contribution in [0.5, 0.6) is 0 Å². The fourth-order valence-electron chi connectivity index (χ4n) is 1.78. The zero-order valence-electron chi connectivity index (χ0n) is 10.2. The molecule has 4 nitrogen and oxygen atoms in total. The Morgan fingerprint density at radius 1 is 1.27 bits per heavy atom. The summed E-state index contributed by atoms with van der Waals surface area (Å²) in [6, 6.07) is 0.0989. The first-order valence-corrected chi connectivity index (χ1v) is 5.32. The largest absolute Gasteiger partial charge is 0.463 e. The van der Waals surface area contributed by atoms with Gasteiger partial charge < -0.3 is 9.64 Å². The normalized spacial score (nSPS) is 14.2. The lowest BCUT2D eigenvalue weighted by molar-refractivity contribution is -0.146. The first kappa shape index (κ1) is 13.9. The minimum atomic E-state index is -0.277. The molecule has 15 heavy (non-hydrogen) atoms. The van der Waals surface area contributed by atoms with Gasteiger partial charge in [0.25, 0.3) is 0 Å². The summed E-state index contributed by atoms with van der Waals surface area (Å²) < 4.78 is 5.02. The van der Waals surface area contributed by atoms with Gasteiger partial charge in [0.1, 0.15) is 6.10 Å². The molecule has 0 radical (unpaired) electrons. The van der Waals surface area contributed by atoms with Crippen LogP contribution >= 0.6 is 0 Å². The van der Waals surface area contributed by atoms with Gasteiger partial charge in [0.05, 0.1) is 0 Å². The Kier molecular flexibility index (Phi) is 5.97. The predicted molar refractivity (Wildman–Crippen MR) is 58.4 cm³/mol. The molecule has 0 aliphatic rings. The minimum Gasteiger partial charge on any atom is -0.463 e. The van der Waals surface area contributed by atoms with Crippen LogP contribution in [-0.4, -0.2) is 35.5 Å². The minimum absolute atomic E-state index is 0.0556. The van der Waals surface area contributed by atoms with Crippen LogP contribution < -0.4 is 0 Å². The number of nitrogens with zero attached hydrogens (tertiary/aromatic N) is 1. The van der Waals surface area contributed by atoms with E-state index in [2.05, 4.69) is 0 Å². The Labute approximate surface area is 91.6 Å². The van der Waals surface area contributed by atoms with Gasteiger partial charge in [-0.1, -0.05) is 0 Å². The molecule has 0 heterocycles. The van der Waals surface area contributed by atoms with E-state index in [1.165, 1.54) is 6.92 Å². The SMILES string of the molecule is CCN(C(C)=O)C(C)CC(C)OC(C)=O. The monoisotopic (exact) mass is 215 g/mol. The van der Waals surface area contributed by atoms with Crippen molar-refractivity contribution in [3.8, 4) is 0 Å². The summed E-state index contributed by atoms with van der Waals surface area (Å²) in [5.74, 6) is -0.222. The predicted octanol–water partition coefficient (Wildman–Crippen LogP) is 1.58. The van der Waals surface area contributed by atoms with E-state index in [0.29, 0.717) is 13.0 Å². The first-order valence-electron chi connectivity index (χ1n) is 5.32. The number of ether oxygens (including phenoxy) is 1. The van der Waals surface area contributed by atoms with Crippen LogP contribution in [0.1, 0.15) is 41.0 Å². The Hall–Kier alpha value is -1.06. The third-order valence-corrected chi connectivity index (χ3v) is 2.32. The molecule has 0 aromatic heterocycles. The van der Waals surface area contributed by atoms with Gasteiger partial charge in [-0.2, -0.15) is 0 Å². The third-order valence-electron chi connectivity index (χ3n) is 2.32. The lowest BCUT2D eigenvalue weighted by Gasteiger charge is -2.28. The van der Waals surface area contributed by atoms with Crippen molar-refractivity contribution < 1.29 is 14.3 Å². The third kappa shape index (κ3) is 5.40. The van der Waals surface area contributed by atoms with E-state index in [9.17, 15) is 9.59 Å². The van der Waals surface area contributed by atoms with E-state index >= 15 is 0 Å². The van der Waals surface area contributed by atoms with Gasteiger partial charge in [-0.3, -0.25) is 9.59 Å². The summed E-state index contributed by atoms with van der Waals surface area (Å²) in [6.45, 7) is 9.37. The van der Waals surface area contributed by atoms with E-state index in [0.717, 1.165) is 0 Å². The molecule has 0 rings (SSSR count). The standard InChI is InChI=1S/C11H21NO3/c1-6-12(10(4)13)8(2)7-9(3)15-11(5)14/h8-9H,6-7H2,1-5H3. The lowest BCUT2D eigenvalue weighted by Crippen LogP contribution is -2.39. The zero-order valence-corrected chi connectivity index (χ0v) is 10.2. The summed E-state index contributed by atoms with van der Waals surface area (Å²) in [6.07, 6.45) is 0.526. The molecule has 2 atom stereocenters. The molecule has 0 saturated carbocycles. The number of carbonyl (C=O) groups excluding carboxylic acids is 2. The van der Waals surface area contributed by atoms with E-state index in [1.54, 1.807) is 11.8 Å². The van der Waals surface area contributed by atoms with Crippen LogP contribution in [0.4, 0.5) is 0 Å². The van der Waals surface area contributed by atoms with Crippen LogP contribution in [-0.2, 0) is 14.3 Å². The van der Waals surface area contributed by atoms with Gasteiger partial charge >= 0.3 is 5.97 Å². The average molecular weight is 215 g/mol. The van der Waals surface area contributed by atoms with Gasteiger partial charge in [0.2, 0.25) is 5.91 Å². The molecule has 0 aliphatic heterocycles. The number of rotatable bonds is 5.